The molecule has 1 aliphatic rings. The number of hydrogen-bond acceptors (Lipinski definition) is 6. The summed E-state index contributed by atoms with van der Waals surface area (Å²) in [6.07, 6.45) is 1.62. The van der Waals surface area contributed by atoms with E-state index in [1.54, 1.807) is 30.7 Å². The fourth-order valence-corrected chi connectivity index (χ4v) is 5.35. The number of halogens is 3. The highest BCUT2D eigenvalue weighted by molar-refractivity contribution is 6.05. The number of H-pyrrole nitrogens is 1. The highest BCUT2D eigenvalue weighted by Gasteiger charge is 2.26. The molecule has 1 aromatic carbocycles. The van der Waals surface area contributed by atoms with E-state index in [0.717, 1.165) is 72.0 Å². The topological polar surface area (TPSA) is 98.8 Å². The van der Waals surface area contributed by atoms with Gasteiger partial charge in [-0.05, 0) is 48.0 Å². The number of aromatic nitrogens is 4. The molecule has 42 heavy (non-hydrogen) atoms. The van der Waals surface area contributed by atoms with Crippen LogP contribution >= 0.6 is 0 Å². The largest absolute Gasteiger partial charge is 0.367 e. The summed E-state index contributed by atoms with van der Waals surface area (Å²) in [5.41, 5.74) is 5.91. The SMILES string of the molecule is O=C(Nc1cc(-c2[nH]c3c(N4CCNCC4)ccnc3c2-c2ccccn2)ccn1)C(CC(F)F)c1ccc(F)cc1. The molecule has 0 bridgehead atoms. The lowest BCUT2D eigenvalue weighted by atomic mass is 9.95. The number of aromatic amines is 1. The molecule has 1 atom stereocenters. The van der Waals surface area contributed by atoms with Crippen LogP contribution in [0.5, 0.6) is 0 Å². The molecular weight excluding hydrogens is 543 g/mol. The predicted octanol–water partition coefficient (Wildman–Crippen LogP) is 5.61. The zero-order valence-corrected chi connectivity index (χ0v) is 22.5. The Morgan fingerprint density at radius 2 is 1.74 bits per heavy atom. The van der Waals surface area contributed by atoms with Crippen molar-refractivity contribution in [3.05, 3.63) is 90.6 Å². The highest BCUT2D eigenvalue weighted by atomic mass is 19.3. The van der Waals surface area contributed by atoms with Crippen molar-refractivity contribution in [2.45, 2.75) is 18.8 Å². The van der Waals surface area contributed by atoms with Crippen molar-refractivity contribution in [3.63, 3.8) is 0 Å². The molecule has 1 unspecified atom stereocenters. The summed E-state index contributed by atoms with van der Waals surface area (Å²) in [6.45, 7) is 3.46. The Kier molecular flexibility index (Phi) is 7.83. The van der Waals surface area contributed by atoms with Crippen LogP contribution in [0.3, 0.4) is 0 Å². The first-order valence-corrected chi connectivity index (χ1v) is 13.7. The molecule has 1 saturated heterocycles. The van der Waals surface area contributed by atoms with Crippen molar-refractivity contribution in [1.82, 2.24) is 25.3 Å². The molecule has 214 valence electrons. The number of benzene rings is 1. The average molecular weight is 572 g/mol. The van der Waals surface area contributed by atoms with E-state index >= 15 is 0 Å². The number of piperazine rings is 1. The van der Waals surface area contributed by atoms with E-state index in [1.165, 1.54) is 12.1 Å². The molecule has 0 spiro atoms. The monoisotopic (exact) mass is 571 g/mol. The number of rotatable bonds is 8. The van der Waals surface area contributed by atoms with Gasteiger partial charge in [0.25, 0.3) is 0 Å². The van der Waals surface area contributed by atoms with E-state index in [-0.39, 0.29) is 5.82 Å². The molecule has 5 heterocycles. The summed E-state index contributed by atoms with van der Waals surface area (Å²) in [4.78, 5) is 32.7. The van der Waals surface area contributed by atoms with Gasteiger partial charge in [-0.15, -0.1) is 0 Å². The van der Waals surface area contributed by atoms with Crippen molar-refractivity contribution in [3.8, 4) is 22.5 Å². The number of carbonyl (C=O) groups excluding carboxylic acids is 1. The number of alkyl halides is 2. The molecule has 6 rings (SSSR count). The Bertz CT molecular complexity index is 1690. The molecule has 0 radical (unpaired) electrons. The highest BCUT2D eigenvalue weighted by Crippen LogP contribution is 2.40. The number of fused-ring (bicyclic) bond motifs is 1. The maximum atomic E-state index is 13.5. The van der Waals surface area contributed by atoms with E-state index in [0.29, 0.717) is 11.1 Å². The van der Waals surface area contributed by atoms with Gasteiger partial charge >= 0.3 is 0 Å². The predicted molar refractivity (Wildman–Crippen MR) is 156 cm³/mol. The van der Waals surface area contributed by atoms with Crippen LogP contribution in [0.15, 0.2) is 79.3 Å². The number of pyridine rings is 3. The van der Waals surface area contributed by atoms with E-state index in [9.17, 15) is 18.0 Å². The third-order valence-electron chi connectivity index (χ3n) is 7.35. The number of hydrogen-bond donors (Lipinski definition) is 3. The summed E-state index contributed by atoms with van der Waals surface area (Å²) >= 11 is 0. The van der Waals surface area contributed by atoms with Gasteiger partial charge < -0.3 is 20.5 Å². The first kappa shape index (κ1) is 27.4. The molecule has 4 aromatic heterocycles. The Balaban J connectivity index is 1.39. The summed E-state index contributed by atoms with van der Waals surface area (Å²) in [5.74, 6) is -2.16. The van der Waals surface area contributed by atoms with Gasteiger partial charge in [-0.3, -0.25) is 14.8 Å². The Labute approximate surface area is 240 Å². The number of nitrogens with zero attached hydrogens (tertiary/aromatic N) is 4. The lowest BCUT2D eigenvalue weighted by Crippen LogP contribution is -2.43. The first-order valence-electron chi connectivity index (χ1n) is 13.7. The third kappa shape index (κ3) is 5.68. The maximum Gasteiger partial charge on any atom is 0.239 e. The van der Waals surface area contributed by atoms with Crippen molar-refractivity contribution in [2.75, 3.05) is 36.4 Å². The summed E-state index contributed by atoms with van der Waals surface area (Å²) in [7, 11) is 0. The van der Waals surface area contributed by atoms with E-state index in [2.05, 4.69) is 30.5 Å². The summed E-state index contributed by atoms with van der Waals surface area (Å²) in [5, 5.41) is 6.07. The van der Waals surface area contributed by atoms with Crippen LogP contribution in [0.2, 0.25) is 0 Å². The fourth-order valence-electron chi connectivity index (χ4n) is 5.35. The molecule has 5 aromatic rings. The average Bonchev–Trinajstić information content (AvgIpc) is 3.41. The second-order valence-corrected chi connectivity index (χ2v) is 10.0. The normalized spacial score (nSPS) is 14.3. The van der Waals surface area contributed by atoms with Gasteiger partial charge in [-0.2, -0.15) is 0 Å². The maximum absolute atomic E-state index is 13.5. The Morgan fingerprint density at radius 1 is 0.952 bits per heavy atom. The number of nitrogens with one attached hydrogen (secondary N) is 3. The zero-order chi connectivity index (χ0) is 29.1. The Morgan fingerprint density at radius 3 is 2.48 bits per heavy atom. The molecule has 1 aliphatic heterocycles. The van der Waals surface area contributed by atoms with E-state index < -0.39 is 30.5 Å². The fraction of sp³-hybridized carbons (Fsp3) is 0.226. The molecule has 3 N–H and O–H groups in total. The molecule has 8 nitrogen and oxygen atoms in total. The van der Waals surface area contributed by atoms with Crippen molar-refractivity contribution in [2.24, 2.45) is 0 Å². The van der Waals surface area contributed by atoms with Crippen LogP contribution in [0, 0.1) is 5.82 Å². The molecule has 11 heteroatoms. The second kappa shape index (κ2) is 12.0. The van der Waals surface area contributed by atoms with Gasteiger partial charge in [-0.25, -0.2) is 18.2 Å². The van der Waals surface area contributed by atoms with Crippen molar-refractivity contribution in [1.29, 1.82) is 0 Å². The standard InChI is InChI=1S/C31H28F3N7O/c32-21-6-4-19(5-7-21)22(18-25(33)34)31(42)39-26-17-20(8-11-37-26)28-27(23-3-1-2-10-36-23)30-29(40-28)24(9-12-38-30)41-15-13-35-14-16-41/h1-12,17,22,25,35,40H,13-16,18H2,(H,37,39,42). The minimum atomic E-state index is -2.73. The van der Waals surface area contributed by atoms with Gasteiger partial charge in [0.15, 0.2) is 0 Å². The third-order valence-corrected chi connectivity index (χ3v) is 7.35. The van der Waals surface area contributed by atoms with E-state index in [4.69, 9.17) is 4.98 Å². The summed E-state index contributed by atoms with van der Waals surface area (Å²) in [6, 6.07) is 16.1. The van der Waals surface area contributed by atoms with Crippen LogP contribution in [0.1, 0.15) is 17.9 Å². The molecule has 0 aliphatic carbocycles. The van der Waals surface area contributed by atoms with Gasteiger partial charge in [-0.1, -0.05) is 18.2 Å². The van der Waals surface area contributed by atoms with Crippen molar-refractivity contribution < 1.29 is 18.0 Å². The lowest BCUT2D eigenvalue weighted by molar-refractivity contribution is -0.118. The van der Waals surface area contributed by atoms with Crippen LogP contribution < -0.4 is 15.5 Å². The minimum Gasteiger partial charge on any atom is -0.367 e. The molecule has 1 amide bonds. The molecule has 1 fully saturated rings. The zero-order valence-electron chi connectivity index (χ0n) is 22.5. The quantitative estimate of drug-likeness (QED) is 0.224. The van der Waals surface area contributed by atoms with Crippen LogP contribution in [0.4, 0.5) is 24.7 Å². The van der Waals surface area contributed by atoms with Gasteiger partial charge in [0.05, 0.1) is 34.1 Å². The Hall–Kier alpha value is -4.77. The molecular formula is C31H28F3N7O. The lowest BCUT2D eigenvalue weighted by Gasteiger charge is -2.29. The number of carbonyl (C=O) groups is 1. The van der Waals surface area contributed by atoms with Gasteiger partial charge in [0, 0.05) is 56.8 Å². The van der Waals surface area contributed by atoms with Gasteiger partial charge in [0.2, 0.25) is 12.3 Å². The smallest absolute Gasteiger partial charge is 0.239 e. The van der Waals surface area contributed by atoms with Crippen LogP contribution in [-0.4, -0.2) is 58.4 Å². The summed E-state index contributed by atoms with van der Waals surface area (Å²) < 4.78 is 40.3. The van der Waals surface area contributed by atoms with Gasteiger partial charge in [0.1, 0.15) is 17.2 Å². The van der Waals surface area contributed by atoms with Crippen LogP contribution in [-0.2, 0) is 4.79 Å². The number of anilines is 2. The minimum absolute atomic E-state index is 0.194. The molecule has 0 saturated carbocycles. The number of amides is 1. The van der Waals surface area contributed by atoms with Crippen LogP contribution in [0.25, 0.3) is 33.5 Å². The first-order chi connectivity index (χ1) is 20.5. The second-order valence-electron chi connectivity index (χ2n) is 10.0. The van der Waals surface area contributed by atoms with Crippen molar-refractivity contribution >= 4 is 28.4 Å². The van der Waals surface area contributed by atoms with E-state index in [1.807, 2.05) is 24.3 Å².